The lowest BCUT2D eigenvalue weighted by Crippen LogP contribution is -2.30. The summed E-state index contributed by atoms with van der Waals surface area (Å²) < 4.78 is 16.9. The van der Waals surface area contributed by atoms with Crippen LogP contribution in [0.1, 0.15) is 290 Å². The van der Waals surface area contributed by atoms with Crippen LogP contribution in [0.25, 0.3) is 0 Å². The van der Waals surface area contributed by atoms with Crippen LogP contribution in [0.5, 0.6) is 0 Å². The van der Waals surface area contributed by atoms with Gasteiger partial charge in [-0.15, -0.1) is 0 Å². The van der Waals surface area contributed by atoms with Gasteiger partial charge in [-0.2, -0.15) is 0 Å². The second kappa shape index (κ2) is 67.8. The number of allylic oxidation sites excluding steroid dienone is 24. The Morgan fingerprint density at radius 3 is 0.765 bits per heavy atom. The molecular formula is C75H122O6. The molecule has 0 spiro atoms. The second-order valence-electron chi connectivity index (χ2n) is 21.6. The van der Waals surface area contributed by atoms with Crippen LogP contribution >= 0.6 is 0 Å². The number of hydrogen-bond acceptors (Lipinski definition) is 6. The molecule has 458 valence electrons. The van der Waals surface area contributed by atoms with Gasteiger partial charge in [0.1, 0.15) is 13.2 Å². The van der Waals surface area contributed by atoms with E-state index in [1.807, 2.05) is 0 Å². The van der Waals surface area contributed by atoms with E-state index in [-0.39, 0.29) is 31.1 Å². The first-order valence-corrected chi connectivity index (χ1v) is 33.3. The normalized spacial score (nSPS) is 13.1. The Labute approximate surface area is 499 Å². The van der Waals surface area contributed by atoms with Gasteiger partial charge < -0.3 is 14.2 Å². The summed E-state index contributed by atoms with van der Waals surface area (Å²) in [6, 6.07) is 0. The molecule has 0 aliphatic heterocycles. The third kappa shape index (κ3) is 66.0. The lowest BCUT2D eigenvalue weighted by atomic mass is 10.1. The molecule has 0 rings (SSSR count). The van der Waals surface area contributed by atoms with E-state index in [4.69, 9.17) is 14.2 Å². The third-order valence-corrected chi connectivity index (χ3v) is 13.8. The average Bonchev–Trinajstić information content (AvgIpc) is 3.47. The molecule has 1 unspecified atom stereocenters. The predicted octanol–water partition coefficient (Wildman–Crippen LogP) is 23.1. The zero-order valence-electron chi connectivity index (χ0n) is 52.5. The van der Waals surface area contributed by atoms with E-state index in [2.05, 4.69) is 167 Å². The Morgan fingerprint density at radius 1 is 0.259 bits per heavy atom. The van der Waals surface area contributed by atoms with Crippen LogP contribution < -0.4 is 0 Å². The number of carbonyl (C=O) groups excluding carboxylic acids is 3. The second-order valence-corrected chi connectivity index (χ2v) is 21.6. The molecule has 0 aromatic heterocycles. The first-order valence-electron chi connectivity index (χ1n) is 33.3. The van der Waals surface area contributed by atoms with Gasteiger partial charge in [-0.05, 0) is 141 Å². The van der Waals surface area contributed by atoms with Crippen LogP contribution in [0, 0.1) is 0 Å². The summed E-state index contributed by atoms with van der Waals surface area (Å²) >= 11 is 0. The maximum absolute atomic E-state index is 12.9. The number of unbranched alkanes of at least 4 members (excludes halogenated alkanes) is 24. The molecule has 0 radical (unpaired) electrons. The van der Waals surface area contributed by atoms with Crippen LogP contribution in [0.4, 0.5) is 0 Å². The first kappa shape index (κ1) is 76.3. The summed E-state index contributed by atoms with van der Waals surface area (Å²) in [6.07, 6.45) is 97.0. The standard InChI is InChI=1S/C75H122O6/c1-4-7-10-13-16-19-22-25-28-31-33-35-36-37-38-40-41-44-47-50-53-56-59-62-65-68-74(77)80-71-72(70-79-73(76)67-64-61-58-55-52-49-46-43-30-27-24-21-18-15-12-9-6-3)81-75(78)69-66-63-60-57-54-51-48-45-42-39-34-32-29-26-23-20-17-14-11-8-5-2/h7-8,10-11,16-17,19-20,25-30,33-35,37-39,41,44-45,48,72H,4-6,9,12-15,18,21-24,31-32,36,40,42-43,46-47,49-71H2,1-3H3/b10-7-,11-8-,19-16-,20-17-,28-25-,29-26-,30-27-,35-33-,38-37-,39-34-,44-41-,48-45-. The SMILES string of the molecule is CC/C=C\C/C=C\C/C=C\C/C=C\C/C=C\C/C=C\CCCCCCCCC(=O)OCC(COC(=O)CCCCCCCCC/C=C\CCCCCCCC)OC(=O)CCCCCCC/C=C\C/C=C\C/C=C\C/C=C\C/C=C\CC. The van der Waals surface area contributed by atoms with E-state index in [0.717, 1.165) is 161 Å². The Hall–Kier alpha value is -4.71. The Bertz CT molecular complexity index is 1760. The molecule has 81 heavy (non-hydrogen) atoms. The van der Waals surface area contributed by atoms with Crippen LogP contribution in [0.15, 0.2) is 146 Å². The maximum atomic E-state index is 12.9. The highest BCUT2D eigenvalue weighted by molar-refractivity contribution is 5.71. The van der Waals surface area contributed by atoms with E-state index in [0.29, 0.717) is 19.3 Å². The highest BCUT2D eigenvalue weighted by atomic mass is 16.6. The Balaban J connectivity index is 4.48. The van der Waals surface area contributed by atoms with Gasteiger partial charge in [-0.1, -0.05) is 276 Å². The van der Waals surface area contributed by atoms with E-state index in [1.165, 1.54) is 89.9 Å². The van der Waals surface area contributed by atoms with Crippen molar-refractivity contribution >= 4 is 17.9 Å². The summed E-state index contributed by atoms with van der Waals surface area (Å²) in [6.45, 7) is 6.39. The highest BCUT2D eigenvalue weighted by Gasteiger charge is 2.19. The topological polar surface area (TPSA) is 78.9 Å². The monoisotopic (exact) mass is 1120 g/mol. The maximum Gasteiger partial charge on any atom is 0.306 e. The molecule has 0 amide bonds. The van der Waals surface area contributed by atoms with Gasteiger partial charge in [0.25, 0.3) is 0 Å². The smallest absolute Gasteiger partial charge is 0.306 e. The highest BCUT2D eigenvalue weighted by Crippen LogP contribution is 2.15. The summed E-state index contributed by atoms with van der Waals surface area (Å²) in [5.41, 5.74) is 0. The van der Waals surface area contributed by atoms with Crippen LogP contribution in [-0.2, 0) is 28.6 Å². The number of esters is 3. The largest absolute Gasteiger partial charge is 0.462 e. The van der Waals surface area contributed by atoms with Crippen molar-refractivity contribution in [3.05, 3.63) is 146 Å². The van der Waals surface area contributed by atoms with Crippen molar-refractivity contribution in [2.24, 2.45) is 0 Å². The zero-order chi connectivity index (χ0) is 58.5. The van der Waals surface area contributed by atoms with Crippen molar-refractivity contribution in [1.82, 2.24) is 0 Å². The van der Waals surface area contributed by atoms with Crippen molar-refractivity contribution in [2.45, 2.75) is 297 Å². The van der Waals surface area contributed by atoms with Crippen molar-refractivity contribution in [2.75, 3.05) is 13.2 Å². The molecule has 0 aliphatic rings. The number of rotatable bonds is 59. The molecule has 0 bridgehead atoms. The van der Waals surface area contributed by atoms with E-state index in [9.17, 15) is 14.4 Å². The minimum Gasteiger partial charge on any atom is -0.462 e. The van der Waals surface area contributed by atoms with E-state index < -0.39 is 6.10 Å². The van der Waals surface area contributed by atoms with Crippen molar-refractivity contribution < 1.29 is 28.6 Å². The lowest BCUT2D eigenvalue weighted by molar-refractivity contribution is -0.167. The fraction of sp³-hybridized carbons (Fsp3) is 0.640. The van der Waals surface area contributed by atoms with Gasteiger partial charge in [0.2, 0.25) is 0 Å². The van der Waals surface area contributed by atoms with Crippen LogP contribution in [0.3, 0.4) is 0 Å². The molecule has 1 atom stereocenters. The molecule has 6 heteroatoms. The summed E-state index contributed by atoms with van der Waals surface area (Å²) in [5.74, 6) is -0.933. The first-order chi connectivity index (χ1) is 40.0. The predicted molar refractivity (Wildman–Crippen MR) is 352 cm³/mol. The number of hydrogen-bond donors (Lipinski definition) is 0. The molecule has 0 fully saturated rings. The van der Waals surface area contributed by atoms with Gasteiger partial charge in [0.05, 0.1) is 0 Å². The minimum atomic E-state index is -0.805. The molecule has 0 aromatic carbocycles. The van der Waals surface area contributed by atoms with Crippen LogP contribution in [0.2, 0.25) is 0 Å². The molecule has 0 heterocycles. The van der Waals surface area contributed by atoms with Gasteiger partial charge in [-0.25, -0.2) is 0 Å². The van der Waals surface area contributed by atoms with Crippen molar-refractivity contribution in [3.8, 4) is 0 Å². The van der Waals surface area contributed by atoms with Crippen molar-refractivity contribution in [3.63, 3.8) is 0 Å². The molecule has 0 saturated heterocycles. The fourth-order valence-electron chi connectivity index (χ4n) is 8.88. The lowest BCUT2D eigenvalue weighted by Gasteiger charge is -2.18. The molecule has 0 N–H and O–H groups in total. The third-order valence-electron chi connectivity index (χ3n) is 13.8. The molecule has 0 aromatic rings. The molecule has 6 nitrogen and oxygen atoms in total. The number of carbonyl (C=O) groups is 3. The van der Waals surface area contributed by atoms with Crippen molar-refractivity contribution in [1.29, 1.82) is 0 Å². The average molecular weight is 1120 g/mol. The summed E-state index contributed by atoms with van der Waals surface area (Å²) in [5, 5.41) is 0. The van der Waals surface area contributed by atoms with Gasteiger partial charge in [0.15, 0.2) is 6.10 Å². The Morgan fingerprint density at radius 2 is 0.481 bits per heavy atom. The summed E-state index contributed by atoms with van der Waals surface area (Å²) in [7, 11) is 0. The van der Waals surface area contributed by atoms with Gasteiger partial charge in [0, 0.05) is 19.3 Å². The summed E-state index contributed by atoms with van der Waals surface area (Å²) in [4.78, 5) is 38.4. The molecule has 0 saturated carbocycles. The minimum absolute atomic E-state index is 0.0976. The van der Waals surface area contributed by atoms with Gasteiger partial charge in [-0.3, -0.25) is 14.4 Å². The van der Waals surface area contributed by atoms with Gasteiger partial charge >= 0.3 is 17.9 Å². The van der Waals surface area contributed by atoms with E-state index >= 15 is 0 Å². The molecule has 0 aliphatic carbocycles. The Kier molecular flexibility index (Phi) is 63.9. The number of ether oxygens (including phenoxy) is 3. The van der Waals surface area contributed by atoms with Crippen LogP contribution in [-0.4, -0.2) is 37.2 Å². The fourth-order valence-corrected chi connectivity index (χ4v) is 8.88. The molecular weight excluding hydrogens is 997 g/mol. The van der Waals surface area contributed by atoms with E-state index in [1.54, 1.807) is 0 Å². The quantitative estimate of drug-likeness (QED) is 0.0261. The zero-order valence-corrected chi connectivity index (χ0v) is 52.5.